The number of piperidine rings is 1. The third-order valence-electron chi connectivity index (χ3n) is 4.12. The van der Waals surface area contributed by atoms with E-state index in [-0.39, 0.29) is 0 Å². The van der Waals surface area contributed by atoms with Crippen molar-refractivity contribution < 1.29 is 0 Å². The Bertz CT molecular complexity index is 183. The van der Waals surface area contributed by atoms with Crippen molar-refractivity contribution in [3.05, 3.63) is 0 Å². The van der Waals surface area contributed by atoms with E-state index in [1.54, 1.807) is 0 Å². The molecule has 1 N–H and O–H groups in total. The monoisotopic (exact) mass is 210 g/mol. The molecule has 0 amide bonds. The van der Waals surface area contributed by atoms with E-state index in [0.29, 0.717) is 0 Å². The van der Waals surface area contributed by atoms with Crippen molar-refractivity contribution >= 4 is 0 Å². The van der Waals surface area contributed by atoms with E-state index in [2.05, 4.69) is 24.1 Å². The molecule has 0 spiro atoms. The van der Waals surface area contributed by atoms with Crippen molar-refractivity contribution in [2.45, 2.75) is 58.0 Å². The molecule has 2 atom stereocenters. The second kappa shape index (κ2) is 5.31. The van der Waals surface area contributed by atoms with Crippen LogP contribution in [0.1, 0.15) is 46.0 Å². The summed E-state index contributed by atoms with van der Waals surface area (Å²) >= 11 is 0. The van der Waals surface area contributed by atoms with Gasteiger partial charge in [0.2, 0.25) is 0 Å². The van der Waals surface area contributed by atoms with Crippen LogP contribution >= 0.6 is 0 Å². The van der Waals surface area contributed by atoms with Gasteiger partial charge in [-0.05, 0) is 51.1 Å². The number of nitrogens with one attached hydrogen (secondary N) is 1. The van der Waals surface area contributed by atoms with Crippen molar-refractivity contribution in [3.8, 4) is 0 Å². The lowest BCUT2D eigenvalue weighted by molar-refractivity contribution is 0.102. The van der Waals surface area contributed by atoms with Crippen LogP contribution in [0.2, 0.25) is 0 Å². The molecule has 1 aliphatic heterocycles. The van der Waals surface area contributed by atoms with E-state index in [1.807, 2.05) is 0 Å². The average Bonchev–Trinajstić information content (AvgIpc) is 3.11. The molecule has 15 heavy (non-hydrogen) atoms. The van der Waals surface area contributed by atoms with Crippen molar-refractivity contribution in [2.24, 2.45) is 5.92 Å². The summed E-state index contributed by atoms with van der Waals surface area (Å²) in [6.07, 6.45) is 7.08. The van der Waals surface area contributed by atoms with Crippen LogP contribution in [0.4, 0.5) is 0 Å². The first-order valence-corrected chi connectivity index (χ1v) is 6.83. The number of rotatable bonds is 5. The normalized spacial score (nSPS) is 29.4. The lowest BCUT2D eigenvalue weighted by Crippen LogP contribution is -2.50. The van der Waals surface area contributed by atoms with Gasteiger partial charge < -0.3 is 5.32 Å². The highest BCUT2D eigenvalue weighted by molar-refractivity contribution is 4.91. The summed E-state index contributed by atoms with van der Waals surface area (Å²) in [6.45, 7) is 8.38. The van der Waals surface area contributed by atoms with E-state index in [1.165, 1.54) is 51.7 Å². The predicted octanol–water partition coefficient (Wildman–Crippen LogP) is 2.25. The van der Waals surface area contributed by atoms with Crippen molar-refractivity contribution in [2.75, 3.05) is 19.6 Å². The molecule has 0 aromatic heterocycles. The van der Waals surface area contributed by atoms with E-state index in [9.17, 15) is 0 Å². The summed E-state index contributed by atoms with van der Waals surface area (Å²) in [5.74, 6) is 1.02. The molecule has 2 nitrogen and oxygen atoms in total. The second-order valence-electron chi connectivity index (χ2n) is 5.14. The minimum Gasteiger partial charge on any atom is -0.315 e. The van der Waals surface area contributed by atoms with Crippen LogP contribution in [0.25, 0.3) is 0 Å². The van der Waals surface area contributed by atoms with Crippen LogP contribution in [-0.4, -0.2) is 36.6 Å². The van der Waals surface area contributed by atoms with Gasteiger partial charge in [-0.2, -0.15) is 0 Å². The fourth-order valence-corrected chi connectivity index (χ4v) is 3.20. The molecule has 0 aromatic carbocycles. The van der Waals surface area contributed by atoms with Gasteiger partial charge in [-0.1, -0.05) is 13.8 Å². The van der Waals surface area contributed by atoms with Gasteiger partial charge >= 0.3 is 0 Å². The maximum atomic E-state index is 3.55. The highest BCUT2D eigenvalue weighted by Gasteiger charge is 2.36. The molecule has 0 bridgehead atoms. The molecule has 2 heteroatoms. The summed E-state index contributed by atoms with van der Waals surface area (Å²) < 4.78 is 0. The number of likely N-dealkylation sites (N-methyl/N-ethyl adjacent to an activating group) is 1. The van der Waals surface area contributed by atoms with Crippen LogP contribution in [0.15, 0.2) is 0 Å². The predicted molar refractivity (Wildman–Crippen MR) is 65.1 cm³/mol. The zero-order valence-electron chi connectivity index (χ0n) is 10.3. The van der Waals surface area contributed by atoms with E-state index in [4.69, 9.17) is 0 Å². The highest BCUT2D eigenvalue weighted by atomic mass is 15.2. The van der Waals surface area contributed by atoms with Gasteiger partial charge in [0, 0.05) is 18.6 Å². The highest BCUT2D eigenvalue weighted by Crippen LogP contribution is 2.37. The maximum absolute atomic E-state index is 3.55. The van der Waals surface area contributed by atoms with E-state index >= 15 is 0 Å². The summed E-state index contributed by atoms with van der Waals surface area (Å²) in [5, 5.41) is 3.55. The molecule has 1 saturated carbocycles. The first-order valence-electron chi connectivity index (χ1n) is 6.83. The average molecular weight is 210 g/mol. The number of nitrogens with zero attached hydrogens (tertiary/aromatic N) is 1. The molecule has 2 unspecified atom stereocenters. The van der Waals surface area contributed by atoms with Gasteiger partial charge in [0.25, 0.3) is 0 Å². The zero-order chi connectivity index (χ0) is 10.7. The van der Waals surface area contributed by atoms with Crippen LogP contribution in [0, 0.1) is 5.92 Å². The molecule has 88 valence electrons. The molecule has 0 radical (unpaired) electrons. The van der Waals surface area contributed by atoms with Crippen molar-refractivity contribution in [3.63, 3.8) is 0 Å². The molecule has 2 fully saturated rings. The fraction of sp³-hybridized carbons (Fsp3) is 1.00. The summed E-state index contributed by atoms with van der Waals surface area (Å²) in [6, 6.07) is 1.69. The maximum Gasteiger partial charge on any atom is 0.0224 e. The lowest BCUT2D eigenvalue weighted by atomic mass is 10.00. The lowest BCUT2D eigenvalue weighted by Gasteiger charge is -2.39. The largest absolute Gasteiger partial charge is 0.315 e. The fourth-order valence-electron chi connectivity index (χ4n) is 3.20. The molecule has 2 rings (SSSR count). The molecule has 0 aromatic rings. The Morgan fingerprint density at radius 3 is 2.53 bits per heavy atom. The zero-order valence-corrected chi connectivity index (χ0v) is 10.3. The Morgan fingerprint density at radius 2 is 2.07 bits per heavy atom. The number of hydrogen-bond acceptors (Lipinski definition) is 2. The molecule has 1 aliphatic carbocycles. The number of hydrogen-bond donors (Lipinski definition) is 1. The molecular formula is C13H26N2. The summed E-state index contributed by atoms with van der Waals surface area (Å²) in [5.41, 5.74) is 0. The van der Waals surface area contributed by atoms with Gasteiger partial charge in [0.15, 0.2) is 0 Å². The van der Waals surface area contributed by atoms with Crippen LogP contribution < -0.4 is 5.32 Å². The SMILES string of the molecule is CCC(C1CC1)N(CC)C1CCCNC1. The van der Waals surface area contributed by atoms with E-state index < -0.39 is 0 Å². The van der Waals surface area contributed by atoms with Crippen molar-refractivity contribution in [1.82, 2.24) is 10.2 Å². The molecule has 1 heterocycles. The van der Waals surface area contributed by atoms with Gasteiger partial charge in [-0.25, -0.2) is 0 Å². The smallest absolute Gasteiger partial charge is 0.0224 e. The minimum absolute atomic E-state index is 0.814. The Labute approximate surface area is 94.4 Å². The van der Waals surface area contributed by atoms with Crippen LogP contribution in [0.5, 0.6) is 0 Å². The Balaban J connectivity index is 1.93. The topological polar surface area (TPSA) is 15.3 Å². The van der Waals surface area contributed by atoms with Crippen LogP contribution in [-0.2, 0) is 0 Å². The molecule has 1 saturated heterocycles. The Morgan fingerprint density at radius 1 is 1.27 bits per heavy atom. The van der Waals surface area contributed by atoms with Crippen molar-refractivity contribution in [1.29, 1.82) is 0 Å². The summed E-state index contributed by atoms with van der Waals surface area (Å²) in [4.78, 5) is 2.78. The Hall–Kier alpha value is -0.0800. The van der Waals surface area contributed by atoms with Gasteiger partial charge in [-0.15, -0.1) is 0 Å². The van der Waals surface area contributed by atoms with E-state index in [0.717, 1.165) is 18.0 Å². The molecule has 2 aliphatic rings. The summed E-state index contributed by atoms with van der Waals surface area (Å²) in [7, 11) is 0. The van der Waals surface area contributed by atoms with Gasteiger partial charge in [-0.3, -0.25) is 4.90 Å². The van der Waals surface area contributed by atoms with Gasteiger partial charge in [0.1, 0.15) is 0 Å². The Kier molecular flexibility index (Phi) is 4.04. The van der Waals surface area contributed by atoms with Gasteiger partial charge in [0.05, 0.1) is 0 Å². The first-order chi connectivity index (χ1) is 7.36. The minimum atomic E-state index is 0.814. The first kappa shape index (κ1) is 11.4. The standard InChI is InChI=1S/C13H26N2/c1-3-13(11-7-8-11)15(4-2)12-6-5-9-14-10-12/h11-14H,3-10H2,1-2H3. The third-order valence-corrected chi connectivity index (χ3v) is 4.12. The quantitative estimate of drug-likeness (QED) is 0.749. The third kappa shape index (κ3) is 2.73. The second-order valence-corrected chi connectivity index (χ2v) is 5.14. The molecular weight excluding hydrogens is 184 g/mol. The van der Waals surface area contributed by atoms with Crippen LogP contribution in [0.3, 0.4) is 0 Å².